The molecule has 0 radical (unpaired) electrons. The Morgan fingerprint density at radius 1 is 0.967 bits per heavy atom. The van der Waals surface area contributed by atoms with Crippen molar-refractivity contribution in [3.05, 3.63) is 59.7 Å². The van der Waals surface area contributed by atoms with Crippen LogP contribution in [0.1, 0.15) is 58.8 Å². The van der Waals surface area contributed by atoms with E-state index >= 15 is 0 Å². The number of nitrogens with zero attached hydrogens (tertiary/aromatic N) is 3. The predicted octanol–water partition coefficient (Wildman–Crippen LogP) is 5.55. The molecule has 156 valence electrons. The van der Waals surface area contributed by atoms with Crippen molar-refractivity contribution in [2.75, 3.05) is 0 Å². The summed E-state index contributed by atoms with van der Waals surface area (Å²) in [5.74, 6) is -0.209. The zero-order valence-electron chi connectivity index (χ0n) is 18.6. The second-order valence-electron chi connectivity index (χ2n) is 9.96. The van der Waals surface area contributed by atoms with Crippen LogP contribution in [0.25, 0.3) is 22.5 Å². The molecule has 1 aliphatic carbocycles. The van der Waals surface area contributed by atoms with Crippen LogP contribution in [0.5, 0.6) is 0 Å². The van der Waals surface area contributed by atoms with E-state index in [0.717, 1.165) is 33.6 Å². The Balaban J connectivity index is 1.97. The monoisotopic (exact) mass is 403 g/mol. The minimum atomic E-state index is -0.572. The number of esters is 1. The fraction of sp³-hybridized carbons (Fsp3) is 0.400. The van der Waals surface area contributed by atoms with Crippen LogP contribution >= 0.6 is 0 Å². The quantitative estimate of drug-likeness (QED) is 0.500. The molecule has 5 nitrogen and oxygen atoms in total. The van der Waals surface area contributed by atoms with Crippen molar-refractivity contribution in [1.29, 1.82) is 0 Å². The highest BCUT2D eigenvalue weighted by Gasteiger charge is 2.33. The standard InChI is InChI=1S/C25H29N3O2/c1-24(2,3)23(29)30-20-15-16-11-7-8-12-17(16)22-21(19-14-10-9-13-18(19)20)26-27-28(22)25(4,5)6/h7-14,20H,15H2,1-6H3. The zero-order valence-corrected chi connectivity index (χ0v) is 18.6. The van der Waals surface area contributed by atoms with Gasteiger partial charge in [0.2, 0.25) is 0 Å². The van der Waals surface area contributed by atoms with Crippen LogP contribution in [0.4, 0.5) is 0 Å². The number of carbonyl (C=O) groups excluding carboxylic acids is 1. The molecule has 3 aromatic rings. The van der Waals surface area contributed by atoms with Crippen LogP contribution in [0.2, 0.25) is 0 Å². The van der Waals surface area contributed by atoms with Gasteiger partial charge in [-0.25, -0.2) is 4.68 Å². The first-order valence-electron chi connectivity index (χ1n) is 10.4. The van der Waals surface area contributed by atoms with Gasteiger partial charge in [-0.05, 0) is 47.1 Å². The number of hydrogen-bond donors (Lipinski definition) is 0. The van der Waals surface area contributed by atoms with Gasteiger partial charge >= 0.3 is 5.97 Å². The first kappa shape index (κ1) is 20.3. The highest BCUT2D eigenvalue weighted by atomic mass is 16.5. The Kier molecular flexibility index (Phi) is 4.80. The smallest absolute Gasteiger partial charge is 0.311 e. The van der Waals surface area contributed by atoms with Crippen LogP contribution < -0.4 is 0 Å². The summed E-state index contributed by atoms with van der Waals surface area (Å²) in [6.45, 7) is 12.0. The lowest BCUT2D eigenvalue weighted by atomic mass is 9.87. The molecule has 0 bridgehead atoms. The van der Waals surface area contributed by atoms with Crippen molar-refractivity contribution in [3.63, 3.8) is 0 Å². The molecule has 0 N–H and O–H groups in total. The Morgan fingerprint density at radius 2 is 1.60 bits per heavy atom. The first-order chi connectivity index (χ1) is 14.1. The van der Waals surface area contributed by atoms with Crippen molar-refractivity contribution in [3.8, 4) is 22.5 Å². The molecule has 0 aliphatic heterocycles. The van der Waals surface area contributed by atoms with Crippen molar-refractivity contribution in [2.45, 2.75) is 59.6 Å². The van der Waals surface area contributed by atoms with E-state index in [1.807, 2.05) is 61.9 Å². The summed E-state index contributed by atoms with van der Waals surface area (Å²) in [5.41, 5.74) is 5.16. The fourth-order valence-corrected chi connectivity index (χ4v) is 3.82. The number of ether oxygens (including phenoxy) is 1. The molecule has 5 heteroatoms. The van der Waals surface area contributed by atoms with E-state index in [2.05, 4.69) is 43.2 Å². The molecule has 2 aromatic carbocycles. The second kappa shape index (κ2) is 7.08. The van der Waals surface area contributed by atoms with E-state index in [9.17, 15) is 4.79 Å². The minimum Gasteiger partial charge on any atom is -0.457 e. The van der Waals surface area contributed by atoms with Gasteiger partial charge in [0.1, 0.15) is 11.8 Å². The van der Waals surface area contributed by atoms with Crippen molar-refractivity contribution in [1.82, 2.24) is 15.0 Å². The van der Waals surface area contributed by atoms with Crippen LogP contribution in [0.3, 0.4) is 0 Å². The van der Waals surface area contributed by atoms with E-state index in [1.165, 1.54) is 0 Å². The molecular formula is C25H29N3O2. The molecule has 1 aliphatic rings. The number of fused-ring (bicyclic) bond motifs is 5. The number of hydrogen-bond acceptors (Lipinski definition) is 4. The summed E-state index contributed by atoms with van der Waals surface area (Å²) in [6.07, 6.45) is 0.214. The predicted molar refractivity (Wildman–Crippen MR) is 118 cm³/mol. The number of rotatable bonds is 1. The molecule has 1 atom stereocenters. The summed E-state index contributed by atoms with van der Waals surface area (Å²) >= 11 is 0. The van der Waals surface area contributed by atoms with Gasteiger partial charge in [-0.3, -0.25) is 4.79 Å². The molecule has 0 saturated carbocycles. The van der Waals surface area contributed by atoms with Crippen LogP contribution in [0, 0.1) is 5.41 Å². The first-order valence-corrected chi connectivity index (χ1v) is 10.4. The van der Waals surface area contributed by atoms with Gasteiger partial charge in [-0.2, -0.15) is 0 Å². The third-order valence-electron chi connectivity index (χ3n) is 5.41. The number of benzene rings is 2. The minimum absolute atomic E-state index is 0.209. The molecule has 30 heavy (non-hydrogen) atoms. The maximum atomic E-state index is 12.8. The lowest BCUT2D eigenvalue weighted by Crippen LogP contribution is -2.27. The fourth-order valence-electron chi connectivity index (χ4n) is 3.82. The maximum Gasteiger partial charge on any atom is 0.311 e. The average molecular weight is 404 g/mol. The van der Waals surface area contributed by atoms with E-state index in [4.69, 9.17) is 4.74 Å². The third-order valence-corrected chi connectivity index (χ3v) is 5.41. The van der Waals surface area contributed by atoms with Gasteiger partial charge in [0, 0.05) is 23.1 Å². The molecule has 1 heterocycles. The number of carbonyl (C=O) groups is 1. The topological polar surface area (TPSA) is 57.0 Å². The van der Waals surface area contributed by atoms with Crippen LogP contribution in [0.15, 0.2) is 48.5 Å². The molecule has 4 rings (SSSR count). The second-order valence-corrected chi connectivity index (χ2v) is 9.96. The Labute approximate surface area is 178 Å². The van der Waals surface area contributed by atoms with E-state index in [0.29, 0.717) is 6.42 Å². The lowest BCUT2D eigenvalue weighted by Gasteiger charge is -2.29. The van der Waals surface area contributed by atoms with Gasteiger partial charge in [0.15, 0.2) is 0 Å². The third kappa shape index (κ3) is 3.53. The van der Waals surface area contributed by atoms with Crippen LogP contribution in [-0.4, -0.2) is 21.0 Å². The highest BCUT2D eigenvalue weighted by Crippen LogP contribution is 2.43. The van der Waals surface area contributed by atoms with E-state index in [-0.39, 0.29) is 17.6 Å². The summed E-state index contributed by atoms with van der Waals surface area (Å²) in [6, 6.07) is 16.3. The van der Waals surface area contributed by atoms with Crippen molar-refractivity contribution < 1.29 is 9.53 Å². The van der Waals surface area contributed by atoms with Gasteiger partial charge in [-0.1, -0.05) is 53.7 Å². The number of aromatic nitrogens is 3. The molecule has 1 aromatic heterocycles. The normalized spacial score (nSPS) is 16.0. The molecule has 0 saturated heterocycles. The maximum absolute atomic E-state index is 12.8. The van der Waals surface area contributed by atoms with Gasteiger partial charge < -0.3 is 4.74 Å². The van der Waals surface area contributed by atoms with Crippen LogP contribution in [-0.2, 0) is 21.5 Å². The summed E-state index contributed by atoms with van der Waals surface area (Å²) < 4.78 is 8.07. The molecule has 0 spiro atoms. The molecular weight excluding hydrogens is 374 g/mol. The van der Waals surface area contributed by atoms with Crippen molar-refractivity contribution in [2.24, 2.45) is 5.41 Å². The summed E-state index contributed by atoms with van der Waals surface area (Å²) in [5, 5.41) is 9.13. The highest BCUT2D eigenvalue weighted by molar-refractivity contribution is 5.83. The Morgan fingerprint density at radius 3 is 2.27 bits per heavy atom. The molecule has 0 fully saturated rings. The molecule has 0 amide bonds. The van der Waals surface area contributed by atoms with Gasteiger partial charge in [0.05, 0.1) is 16.6 Å². The molecule has 1 unspecified atom stereocenters. The largest absolute Gasteiger partial charge is 0.457 e. The van der Waals surface area contributed by atoms with Gasteiger partial charge in [-0.15, -0.1) is 5.10 Å². The SMILES string of the molecule is CC(C)(C)C(=O)OC1Cc2ccccc2-c2c(nnn2C(C)(C)C)-c2ccccc21. The summed E-state index contributed by atoms with van der Waals surface area (Å²) in [7, 11) is 0. The Bertz CT molecular complexity index is 1100. The summed E-state index contributed by atoms with van der Waals surface area (Å²) in [4.78, 5) is 12.8. The lowest BCUT2D eigenvalue weighted by molar-refractivity contribution is -0.159. The van der Waals surface area contributed by atoms with Crippen molar-refractivity contribution >= 4 is 5.97 Å². The van der Waals surface area contributed by atoms with E-state index in [1.54, 1.807) is 0 Å². The Hall–Kier alpha value is -2.95. The van der Waals surface area contributed by atoms with Gasteiger partial charge in [0.25, 0.3) is 0 Å². The van der Waals surface area contributed by atoms with E-state index < -0.39 is 5.41 Å². The zero-order chi connectivity index (χ0) is 21.7. The average Bonchev–Trinajstić information content (AvgIpc) is 3.11.